The summed E-state index contributed by atoms with van der Waals surface area (Å²) in [6, 6.07) is 10.7. The molecule has 1 aliphatic rings. The Balaban J connectivity index is 1.63. The molecule has 24 heavy (non-hydrogen) atoms. The van der Waals surface area contributed by atoms with Gasteiger partial charge in [-0.05, 0) is 18.4 Å². The van der Waals surface area contributed by atoms with E-state index in [9.17, 15) is 0 Å². The molecule has 0 spiro atoms. The van der Waals surface area contributed by atoms with E-state index in [0.717, 1.165) is 49.5 Å². The number of ether oxygens (including phenoxy) is 1. The monoisotopic (exact) mass is 323 g/mol. The number of nitrogens with one attached hydrogen (secondary N) is 1. The van der Waals surface area contributed by atoms with Gasteiger partial charge in [-0.3, -0.25) is 4.68 Å². The maximum absolute atomic E-state index is 5.61. The fraction of sp³-hybridized carbons (Fsp3) is 0.389. The summed E-state index contributed by atoms with van der Waals surface area (Å²) in [4.78, 5) is 8.72. The average Bonchev–Trinajstić information content (AvgIpc) is 3.03. The zero-order valence-corrected chi connectivity index (χ0v) is 13.8. The molecule has 1 aromatic carbocycles. The van der Waals surface area contributed by atoms with Crippen molar-refractivity contribution in [3.05, 3.63) is 48.4 Å². The molecule has 6 heteroatoms. The molecule has 4 rings (SSSR count). The summed E-state index contributed by atoms with van der Waals surface area (Å²) in [5.74, 6) is 0.842. The van der Waals surface area contributed by atoms with E-state index in [4.69, 9.17) is 4.74 Å². The van der Waals surface area contributed by atoms with Crippen LogP contribution in [0.5, 0.6) is 0 Å². The molecule has 6 nitrogen and oxygen atoms in total. The zero-order chi connectivity index (χ0) is 16.4. The fourth-order valence-electron chi connectivity index (χ4n) is 3.48. The van der Waals surface area contributed by atoms with Crippen LogP contribution in [-0.2, 0) is 17.2 Å². The Hall–Kier alpha value is -2.47. The van der Waals surface area contributed by atoms with Gasteiger partial charge in [-0.25, -0.2) is 9.97 Å². The van der Waals surface area contributed by atoms with Gasteiger partial charge in [0.05, 0.1) is 11.6 Å². The first-order valence-corrected chi connectivity index (χ1v) is 8.28. The molecule has 0 aliphatic carbocycles. The smallest absolute Gasteiger partial charge is 0.163 e. The third-order valence-electron chi connectivity index (χ3n) is 4.96. The Labute approximate surface area is 140 Å². The van der Waals surface area contributed by atoms with Gasteiger partial charge in [0.2, 0.25) is 0 Å². The average molecular weight is 323 g/mol. The first kappa shape index (κ1) is 15.1. The molecule has 0 radical (unpaired) electrons. The fourth-order valence-corrected chi connectivity index (χ4v) is 3.48. The van der Waals surface area contributed by atoms with Gasteiger partial charge in [0.15, 0.2) is 5.65 Å². The van der Waals surface area contributed by atoms with Gasteiger partial charge in [-0.15, -0.1) is 0 Å². The molecule has 0 amide bonds. The second kappa shape index (κ2) is 6.20. The van der Waals surface area contributed by atoms with E-state index in [0.29, 0.717) is 0 Å². The second-order valence-electron chi connectivity index (χ2n) is 6.34. The predicted molar refractivity (Wildman–Crippen MR) is 93.0 cm³/mol. The molecule has 3 heterocycles. The lowest BCUT2D eigenvalue weighted by atomic mass is 9.74. The van der Waals surface area contributed by atoms with Gasteiger partial charge in [-0.1, -0.05) is 30.3 Å². The maximum atomic E-state index is 5.61. The van der Waals surface area contributed by atoms with Crippen molar-refractivity contribution in [3.63, 3.8) is 0 Å². The Kier molecular flexibility index (Phi) is 3.90. The van der Waals surface area contributed by atoms with Crippen molar-refractivity contribution in [1.29, 1.82) is 0 Å². The van der Waals surface area contributed by atoms with Crippen LogP contribution in [0, 0.1) is 0 Å². The molecular weight excluding hydrogens is 302 g/mol. The normalized spacial score (nSPS) is 17.0. The molecule has 0 saturated carbocycles. The van der Waals surface area contributed by atoms with Gasteiger partial charge < -0.3 is 10.1 Å². The van der Waals surface area contributed by atoms with Crippen LogP contribution in [0.15, 0.2) is 42.9 Å². The minimum Gasteiger partial charge on any atom is -0.381 e. The van der Waals surface area contributed by atoms with Crippen molar-refractivity contribution in [2.24, 2.45) is 7.05 Å². The number of fused-ring (bicyclic) bond motifs is 1. The van der Waals surface area contributed by atoms with Gasteiger partial charge in [-0.2, -0.15) is 5.10 Å². The summed E-state index contributed by atoms with van der Waals surface area (Å²) >= 11 is 0. The number of rotatable bonds is 4. The van der Waals surface area contributed by atoms with E-state index in [2.05, 4.69) is 50.7 Å². The highest BCUT2D eigenvalue weighted by molar-refractivity contribution is 5.86. The van der Waals surface area contributed by atoms with E-state index >= 15 is 0 Å². The molecular formula is C18H21N5O. The first-order valence-electron chi connectivity index (χ1n) is 8.28. The van der Waals surface area contributed by atoms with E-state index in [1.54, 1.807) is 11.0 Å². The van der Waals surface area contributed by atoms with E-state index in [1.165, 1.54) is 5.56 Å². The summed E-state index contributed by atoms with van der Waals surface area (Å²) in [7, 11) is 1.89. The molecule has 3 aromatic rings. The highest BCUT2D eigenvalue weighted by Crippen LogP contribution is 2.35. The molecule has 0 unspecified atom stereocenters. The Morgan fingerprint density at radius 1 is 1.17 bits per heavy atom. The first-order chi connectivity index (χ1) is 11.8. The number of nitrogens with zero attached hydrogens (tertiary/aromatic N) is 4. The van der Waals surface area contributed by atoms with Crippen LogP contribution in [0.2, 0.25) is 0 Å². The van der Waals surface area contributed by atoms with Crippen molar-refractivity contribution in [2.75, 3.05) is 25.1 Å². The summed E-state index contributed by atoms with van der Waals surface area (Å²) in [6.07, 6.45) is 5.42. The van der Waals surface area contributed by atoms with Crippen molar-refractivity contribution in [3.8, 4) is 0 Å². The molecule has 1 fully saturated rings. The summed E-state index contributed by atoms with van der Waals surface area (Å²) < 4.78 is 7.37. The quantitative estimate of drug-likeness (QED) is 0.799. The second-order valence-corrected chi connectivity index (χ2v) is 6.34. The van der Waals surface area contributed by atoms with E-state index in [1.807, 2.05) is 13.2 Å². The van der Waals surface area contributed by atoms with Crippen LogP contribution in [-0.4, -0.2) is 39.5 Å². The van der Waals surface area contributed by atoms with Crippen LogP contribution in [0.4, 0.5) is 5.82 Å². The Morgan fingerprint density at radius 2 is 1.96 bits per heavy atom. The van der Waals surface area contributed by atoms with Crippen LogP contribution in [0.3, 0.4) is 0 Å². The lowest BCUT2D eigenvalue weighted by Crippen LogP contribution is -2.40. The molecule has 1 saturated heterocycles. The zero-order valence-electron chi connectivity index (χ0n) is 13.8. The maximum Gasteiger partial charge on any atom is 0.163 e. The van der Waals surface area contributed by atoms with Crippen LogP contribution in [0.25, 0.3) is 11.0 Å². The number of benzene rings is 1. The minimum atomic E-state index is 0.0684. The van der Waals surface area contributed by atoms with E-state index in [-0.39, 0.29) is 5.41 Å². The van der Waals surface area contributed by atoms with Gasteiger partial charge in [0.1, 0.15) is 12.1 Å². The minimum absolute atomic E-state index is 0.0684. The Morgan fingerprint density at radius 3 is 2.75 bits per heavy atom. The van der Waals surface area contributed by atoms with Crippen LogP contribution in [0.1, 0.15) is 18.4 Å². The van der Waals surface area contributed by atoms with Gasteiger partial charge >= 0.3 is 0 Å². The lowest BCUT2D eigenvalue weighted by Gasteiger charge is -2.38. The van der Waals surface area contributed by atoms with Crippen LogP contribution >= 0.6 is 0 Å². The number of hydrogen-bond acceptors (Lipinski definition) is 5. The molecule has 124 valence electrons. The number of aromatic nitrogens is 4. The molecule has 1 aliphatic heterocycles. The SMILES string of the molecule is Cn1ncc2c(NCC3(c4ccccc4)CCOCC3)ncnc21. The van der Waals surface area contributed by atoms with Gasteiger partial charge in [0.25, 0.3) is 0 Å². The van der Waals surface area contributed by atoms with Crippen molar-refractivity contribution in [2.45, 2.75) is 18.3 Å². The topological polar surface area (TPSA) is 64.9 Å². The number of anilines is 1. The molecule has 2 aromatic heterocycles. The van der Waals surface area contributed by atoms with Crippen LogP contribution < -0.4 is 5.32 Å². The molecule has 1 N–H and O–H groups in total. The van der Waals surface area contributed by atoms with Crippen molar-refractivity contribution >= 4 is 16.9 Å². The van der Waals surface area contributed by atoms with Crippen molar-refractivity contribution < 1.29 is 4.74 Å². The number of hydrogen-bond donors (Lipinski definition) is 1. The molecule has 0 bridgehead atoms. The number of aryl methyl sites for hydroxylation is 1. The standard InChI is InChI=1S/C18H21N5O/c1-23-17-15(11-22-23)16(20-13-21-17)19-12-18(7-9-24-10-8-18)14-5-3-2-4-6-14/h2-6,11,13H,7-10,12H2,1H3,(H,19,20,21). The van der Waals surface area contributed by atoms with E-state index < -0.39 is 0 Å². The molecule has 0 atom stereocenters. The third kappa shape index (κ3) is 2.63. The highest BCUT2D eigenvalue weighted by Gasteiger charge is 2.34. The lowest BCUT2D eigenvalue weighted by molar-refractivity contribution is 0.0544. The Bertz CT molecular complexity index is 824. The summed E-state index contributed by atoms with van der Waals surface area (Å²) in [6.45, 7) is 2.41. The van der Waals surface area contributed by atoms with Crippen molar-refractivity contribution in [1.82, 2.24) is 19.7 Å². The largest absolute Gasteiger partial charge is 0.381 e. The highest BCUT2D eigenvalue weighted by atomic mass is 16.5. The van der Waals surface area contributed by atoms with Gasteiger partial charge in [0, 0.05) is 32.2 Å². The summed E-state index contributed by atoms with van der Waals surface area (Å²) in [5.41, 5.74) is 2.27. The third-order valence-corrected chi connectivity index (χ3v) is 4.96. The predicted octanol–water partition coefficient (Wildman–Crippen LogP) is 2.52. The summed E-state index contributed by atoms with van der Waals surface area (Å²) in [5, 5.41) is 8.78.